The number of halogens is 1. The summed E-state index contributed by atoms with van der Waals surface area (Å²) in [6.07, 6.45) is 4.48. The van der Waals surface area contributed by atoms with Crippen molar-refractivity contribution >= 4 is 22.9 Å². The molecule has 0 aromatic carbocycles. The zero-order valence-corrected chi connectivity index (χ0v) is 10.7. The maximum atomic E-state index is 6.13. The highest BCUT2D eigenvalue weighted by molar-refractivity contribution is 7.16. The van der Waals surface area contributed by atoms with Crippen LogP contribution < -0.4 is 4.74 Å². The van der Waals surface area contributed by atoms with Gasteiger partial charge in [0.05, 0.1) is 18.3 Å². The molecule has 4 heteroatoms. The van der Waals surface area contributed by atoms with Crippen LogP contribution in [0.3, 0.4) is 0 Å². The smallest absolute Gasteiger partial charge is 0.137 e. The molecule has 0 spiro atoms. The number of rotatable bonds is 3. The number of thiophene rings is 1. The Hall–Kier alpha value is -1.06. The van der Waals surface area contributed by atoms with E-state index >= 15 is 0 Å². The van der Waals surface area contributed by atoms with Crippen molar-refractivity contribution in [2.24, 2.45) is 0 Å². The summed E-state index contributed by atoms with van der Waals surface area (Å²) in [7, 11) is 1.64. The molecule has 0 amide bonds. The van der Waals surface area contributed by atoms with Gasteiger partial charge in [-0.05, 0) is 18.6 Å². The highest BCUT2D eigenvalue weighted by atomic mass is 35.5. The molecular weight excluding hydrogens is 242 g/mol. The number of methoxy groups -OCH3 is 1. The summed E-state index contributed by atoms with van der Waals surface area (Å²) in [4.78, 5) is 6.48. The fourth-order valence-electron chi connectivity index (χ4n) is 1.46. The van der Waals surface area contributed by atoms with Crippen LogP contribution in [0.1, 0.15) is 11.8 Å². The van der Waals surface area contributed by atoms with Crippen LogP contribution in [-0.2, 0) is 6.42 Å². The molecule has 0 fully saturated rings. The Bertz CT molecular complexity index is 496. The van der Waals surface area contributed by atoms with Crippen molar-refractivity contribution in [1.82, 2.24) is 4.98 Å². The van der Waals surface area contributed by atoms with Crippen molar-refractivity contribution in [2.75, 3.05) is 7.11 Å². The van der Waals surface area contributed by atoms with Gasteiger partial charge in [-0.2, -0.15) is 0 Å². The molecule has 0 aliphatic rings. The Labute approximate surface area is 104 Å². The first-order valence-corrected chi connectivity index (χ1v) is 6.21. The van der Waals surface area contributed by atoms with E-state index in [-0.39, 0.29) is 0 Å². The second kappa shape index (κ2) is 4.85. The number of nitrogens with zero attached hydrogens (tertiary/aromatic N) is 1. The standard InChI is InChI=1S/C12H12ClNOS/c1-3-11-10(13)5-12(16-11)8-4-9(15-2)7-14-6-8/h4-7H,3H2,1-2H3. The Kier molecular flexibility index (Phi) is 3.46. The van der Waals surface area contributed by atoms with E-state index in [2.05, 4.69) is 11.9 Å². The quantitative estimate of drug-likeness (QED) is 0.824. The highest BCUT2D eigenvalue weighted by Gasteiger charge is 2.08. The summed E-state index contributed by atoms with van der Waals surface area (Å²) in [6, 6.07) is 3.95. The summed E-state index contributed by atoms with van der Waals surface area (Å²) >= 11 is 7.83. The average molecular weight is 254 g/mol. The molecular formula is C12H12ClNOS. The van der Waals surface area contributed by atoms with Crippen molar-refractivity contribution < 1.29 is 4.74 Å². The van der Waals surface area contributed by atoms with Crippen molar-refractivity contribution in [1.29, 1.82) is 0 Å². The Morgan fingerprint density at radius 3 is 2.81 bits per heavy atom. The van der Waals surface area contributed by atoms with Crippen LogP contribution in [0, 0.1) is 0 Å². The van der Waals surface area contributed by atoms with E-state index in [1.807, 2.05) is 18.3 Å². The maximum absolute atomic E-state index is 6.13. The van der Waals surface area contributed by atoms with Gasteiger partial charge in [0.15, 0.2) is 0 Å². The zero-order chi connectivity index (χ0) is 11.5. The van der Waals surface area contributed by atoms with Gasteiger partial charge in [0, 0.05) is 21.5 Å². The summed E-state index contributed by atoms with van der Waals surface area (Å²) in [5.74, 6) is 0.764. The third-order valence-electron chi connectivity index (χ3n) is 2.31. The molecule has 0 saturated heterocycles. The number of aromatic nitrogens is 1. The molecule has 2 aromatic rings. The minimum Gasteiger partial charge on any atom is -0.495 e. The van der Waals surface area contributed by atoms with Crippen molar-refractivity contribution in [3.8, 4) is 16.2 Å². The summed E-state index contributed by atoms with van der Waals surface area (Å²) < 4.78 is 5.15. The lowest BCUT2D eigenvalue weighted by atomic mass is 10.2. The molecule has 84 valence electrons. The summed E-state index contributed by atoms with van der Waals surface area (Å²) in [5, 5.41) is 0.838. The Morgan fingerprint density at radius 1 is 1.38 bits per heavy atom. The fourth-order valence-corrected chi connectivity index (χ4v) is 2.85. The average Bonchev–Trinajstić information content (AvgIpc) is 2.71. The van der Waals surface area contributed by atoms with Gasteiger partial charge in [-0.1, -0.05) is 18.5 Å². The predicted molar refractivity (Wildman–Crippen MR) is 68.5 cm³/mol. The van der Waals surface area contributed by atoms with Crippen LogP contribution >= 0.6 is 22.9 Å². The normalized spacial score (nSPS) is 10.4. The number of aryl methyl sites for hydroxylation is 1. The first-order valence-electron chi connectivity index (χ1n) is 5.02. The number of hydrogen-bond acceptors (Lipinski definition) is 3. The van der Waals surface area contributed by atoms with E-state index in [4.69, 9.17) is 16.3 Å². The molecule has 0 aliphatic heterocycles. The van der Waals surface area contributed by atoms with Crippen LogP contribution in [0.2, 0.25) is 5.02 Å². The van der Waals surface area contributed by atoms with Gasteiger partial charge in [-0.3, -0.25) is 4.98 Å². The van der Waals surface area contributed by atoms with Gasteiger partial charge in [-0.15, -0.1) is 11.3 Å². The molecule has 0 radical (unpaired) electrons. The molecule has 0 unspecified atom stereocenters. The molecule has 0 atom stereocenters. The van der Waals surface area contributed by atoms with E-state index in [0.29, 0.717) is 0 Å². The minimum absolute atomic E-state index is 0.764. The van der Waals surface area contributed by atoms with Gasteiger partial charge in [0.1, 0.15) is 5.75 Å². The van der Waals surface area contributed by atoms with Crippen LogP contribution in [0.25, 0.3) is 10.4 Å². The lowest BCUT2D eigenvalue weighted by Crippen LogP contribution is -1.84. The van der Waals surface area contributed by atoms with Crippen molar-refractivity contribution in [2.45, 2.75) is 13.3 Å². The molecule has 2 aromatic heterocycles. The lowest BCUT2D eigenvalue weighted by molar-refractivity contribution is 0.413. The van der Waals surface area contributed by atoms with Crippen LogP contribution in [-0.4, -0.2) is 12.1 Å². The Balaban J connectivity index is 2.41. The van der Waals surface area contributed by atoms with Crippen LogP contribution in [0.4, 0.5) is 0 Å². The van der Waals surface area contributed by atoms with Gasteiger partial charge in [0.25, 0.3) is 0 Å². The topological polar surface area (TPSA) is 22.1 Å². The van der Waals surface area contributed by atoms with E-state index in [0.717, 1.165) is 27.6 Å². The first kappa shape index (κ1) is 11.4. The van der Waals surface area contributed by atoms with Gasteiger partial charge >= 0.3 is 0 Å². The SMILES string of the molecule is CCc1sc(-c2cncc(OC)c2)cc1Cl. The van der Waals surface area contributed by atoms with Crippen LogP contribution in [0.5, 0.6) is 5.75 Å². The second-order valence-electron chi connectivity index (χ2n) is 3.35. The number of hydrogen-bond donors (Lipinski definition) is 0. The van der Waals surface area contributed by atoms with E-state index in [1.165, 1.54) is 4.88 Å². The molecule has 2 heterocycles. The largest absolute Gasteiger partial charge is 0.495 e. The molecule has 0 saturated carbocycles. The van der Waals surface area contributed by atoms with E-state index < -0.39 is 0 Å². The second-order valence-corrected chi connectivity index (χ2v) is 4.89. The molecule has 2 nitrogen and oxygen atoms in total. The fraction of sp³-hybridized carbons (Fsp3) is 0.250. The Morgan fingerprint density at radius 2 is 2.19 bits per heavy atom. The maximum Gasteiger partial charge on any atom is 0.137 e. The molecule has 0 bridgehead atoms. The van der Waals surface area contributed by atoms with Crippen LogP contribution in [0.15, 0.2) is 24.5 Å². The molecule has 0 aliphatic carbocycles. The van der Waals surface area contributed by atoms with E-state index in [9.17, 15) is 0 Å². The number of ether oxygens (including phenoxy) is 1. The first-order chi connectivity index (χ1) is 7.74. The monoisotopic (exact) mass is 253 g/mol. The third-order valence-corrected chi connectivity index (χ3v) is 4.09. The summed E-state index contributed by atoms with van der Waals surface area (Å²) in [5.41, 5.74) is 1.05. The van der Waals surface area contributed by atoms with Crippen molar-refractivity contribution in [3.63, 3.8) is 0 Å². The lowest BCUT2D eigenvalue weighted by Gasteiger charge is -2.00. The van der Waals surface area contributed by atoms with Crippen molar-refractivity contribution in [3.05, 3.63) is 34.4 Å². The van der Waals surface area contributed by atoms with Gasteiger partial charge in [0.2, 0.25) is 0 Å². The predicted octanol–water partition coefficient (Wildman–Crippen LogP) is 4.03. The molecule has 2 rings (SSSR count). The van der Waals surface area contributed by atoms with E-state index in [1.54, 1.807) is 24.6 Å². The van der Waals surface area contributed by atoms with Gasteiger partial charge in [-0.25, -0.2) is 0 Å². The zero-order valence-electron chi connectivity index (χ0n) is 9.16. The summed E-state index contributed by atoms with van der Waals surface area (Å²) in [6.45, 7) is 2.10. The number of pyridine rings is 1. The molecule has 0 N–H and O–H groups in total. The minimum atomic E-state index is 0.764. The third kappa shape index (κ3) is 2.20. The highest BCUT2D eigenvalue weighted by Crippen LogP contribution is 2.35. The molecule has 16 heavy (non-hydrogen) atoms. The van der Waals surface area contributed by atoms with Gasteiger partial charge < -0.3 is 4.74 Å².